The molecule has 0 aromatic heterocycles. The summed E-state index contributed by atoms with van der Waals surface area (Å²) in [5.41, 5.74) is 2.78. The molecule has 1 amide bonds. The molecule has 0 saturated carbocycles. The number of hydrogen-bond acceptors (Lipinski definition) is 2. The van der Waals surface area contributed by atoms with Gasteiger partial charge in [0.05, 0.1) is 11.1 Å². The largest absolute Gasteiger partial charge is 0.419 e. The van der Waals surface area contributed by atoms with Crippen LogP contribution in [0.3, 0.4) is 0 Å². The fraction of sp³-hybridized carbons (Fsp3) is 0.500. The molecule has 1 fully saturated rings. The van der Waals surface area contributed by atoms with E-state index in [-0.39, 0.29) is 6.42 Å². The van der Waals surface area contributed by atoms with E-state index in [0.29, 0.717) is 11.0 Å². The van der Waals surface area contributed by atoms with Crippen LogP contribution in [0.4, 0.5) is 30.7 Å². The highest BCUT2D eigenvalue weighted by atomic mass is 19.4. The van der Waals surface area contributed by atoms with Gasteiger partial charge >= 0.3 is 12.4 Å². The second-order valence-corrected chi connectivity index (χ2v) is 5.52. The highest BCUT2D eigenvalue weighted by Crippen LogP contribution is 2.35. The average molecular weight is 358 g/mol. The van der Waals surface area contributed by atoms with Crippen LogP contribution < -0.4 is 5.73 Å². The first-order chi connectivity index (χ1) is 10.9. The molecule has 1 heterocycles. The van der Waals surface area contributed by atoms with Gasteiger partial charge in [-0.15, -0.1) is 0 Å². The Kier molecular flexibility index (Phi) is 4.80. The number of nitrogens with two attached hydrogens (primary N) is 1. The van der Waals surface area contributed by atoms with Crippen molar-refractivity contribution in [3.63, 3.8) is 0 Å². The second kappa shape index (κ2) is 6.23. The normalized spacial score (nSPS) is 22.6. The molecule has 1 aliphatic heterocycles. The number of halogens is 7. The molecule has 3 nitrogen and oxygen atoms in total. The van der Waals surface area contributed by atoms with Gasteiger partial charge in [0.15, 0.2) is 0 Å². The highest BCUT2D eigenvalue weighted by Gasteiger charge is 2.48. The van der Waals surface area contributed by atoms with Gasteiger partial charge in [-0.3, -0.25) is 4.79 Å². The van der Waals surface area contributed by atoms with E-state index in [0.717, 1.165) is 12.1 Å². The van der Waals surface area contributed by atoms with Gasteiger partial charge in [-0.25, -0.2) is 4.39 Å². The van der Waals surface area contributed by atoms with Crippen LogP contribution in [-0.4, -0.2) is 35.6 Å². The molecule has 134 valence electrons. The Morgan fingerprint density at radius 3 is 2.29 bits per heavy atom. The third-order valence-electron chi connectivity index (χ3n) is 3.79. The van der Waals surface area contributed by atoms with Crippen molar-refractivity contribution in [2.45, 2.75) is 37.3 Å². The molecule has 0 spiro atoms. The molecule has 1 saturated heterocycles. The number of amides is 1. The van der Waals surface area contributed by atoms with Crippen LogP contribution >= 0.6 is 0 Å². The van der Waals surface area contributed by atoms with Crippen molar-refractivity contribution in [3.05, 3.63) is 35.1 Å². The van der Waals surface area contributed by atoms with Crippen molar-refractivity contribution in [2.24, 2.45) is 5.73 Å². The van der Waals surface area contributed by atoms with Gasteiger partial charge in [0, 0.05) is 12.6 Å². The summed E-state index contributed by atoms with van der Waals surface area (Å²) in [6.07, 6.45) is -10.3. The maximum absolute atomic E-state index is 14.0. The second-order valence-electron chi connectivity index (χ2n) is 5.52. The van der Waals surface area contributed by atoms with Crippen LogP contribution in [0.25, 0.3) is 0 Å². The Balaban J connectivity index is 2.43. The van der Waals surface area contributed by atoms with Gasteiger partial charge in [0.1, 0.15) is 11.9 Å². The fourth-order valence-corrected chi connectivity index (χ4v) is 2.63. The van der Waals surface area contributed by atoms with Gasteiger partial charge in [-0.05, 0) is 25.0 Å². The summed E-state index contributed by atoms with van der Waals surface area (Å²) in [7, 11) is 0. The standard InChI is InChI=1S/C14H13F7N2O/c15-11-8(2-1-3-9(11)13(16,17)18)12(24)23-6-7(22)4-5-10(23)14(19,20)21/h1-3,7,10H,4-6,22H2/t7-,10+/m0/s1. The Morgan fingerprint density at radius 2 is 1.75 bits per heavy atom. The van der Waals surface area contributed by atoms with Crippen LogP contribution in [-0.2, 0) is 6.18 Å². The van der Waals surface area contributed by atoms with Crippen molar-refractivity contribution >= 4 is 5.91 Å². The zero-order valence-corrected chi connectivity index (χ0v) is 12.1. The molecular formula is C14H13F7N2O. The third-order valence-corrected chi connectivity index (χ3v) is 3.79. The monoisotopic (exact) mass is 358 g/mol. The molecule has 24 heavy (non-hydrogen) atoms. The lowest BCUT2D eigenvalue weighted by atomic mass is 9.96. The Hall–Kier alpha value is -1.84. The first-order valence-electron chi connectivity index (χ1n) is 6.92. The van der Waals surface area contributed by atoms with E-state index >= 15 is 0 Å². The van der Waals surface area contributed by atoms with Crippen molar-refractivity contribution in [1.29, 1.82) is 0 Å². The highest BCUT2D eigenvalue weighted by molar-refractivity contribution is 5.95. The molecule has 1 aliphatic rings. The molecule has 1 aromatic carbocycles. The summed E-state index contributed by atoms with van der Waals surface area (Å²) < 4.78 is 91.3. The summed E-state index contributed by atoms with van der Waals surface area (Å²) in [6.45, 7) is -0.515. The summed E-state index contributed by atoms with van der Waals surface area (Å²) in [4.78, 5) is 12.6. The third kappa shape index (κ3) is 3.63. The van der Waals surface area contributed by atoms with Crippen LogP contribution in [0, 0.1) is 5.82 Å². The van der Waals surface area contributed by atoms with E-state index in [9.17, 15) is 35.5 Å². The molecule has 2 atom stereocenters. The number of carbonyl (C=O) groups excluding carboxylic acids is 1. The van der Waals surface area contributed by atoms with E-state index in [2.05, 4.69) is 0 Å². The zero-order chi connectivity index (χ0) is 18.3. The number of piperidine rings is 1. The predicted molar refractivity (Wildman–Crippen MR) is 69.5 cm³/mol. The zero-order valence-electron chi connectivity index (χ0n) is 12.1. The molecule has 0 unspecified atom stereocenters. The first-order valence-corrected chi connectivity index (χ1v) is 6.92. The number of benzene rings is 1. The lowest BCUT2D eigenvalue weighted by molar-refractivity contribution is -0.184. The number of rotatable bonds is 1. The van der Waals surface area contributed by atoms with Gasteiger partial charge in [-0.2, -0.15) is 26.3 Å². The Bertz CT molecular complexity index is 627. The van der Waals surface area contributed by atoms with E-state index in [1.165, 1.54) is 0 Å². The SMILES string of the molecule is N[C@H]1CC[C@H](C(F)(F)F)N(C(=O)c2cccc(C(F)(F)F)c2F)C1. The Labute approximate surface area is 132 Å². The van der Waals surface area contributed by atoms with Crippen molar-refractivity contribution in [2.75, 3.05) is 6.54 Å². The fourth-order valence-electron chi connectivity index (χ4n) is 2.63. The van der Waals surface area contributed by atoms with E-state index in [1.807, 2.05) is 0 Å². The summed E-state index contributed by atoms with van der Waals surface area (Å²) in [5.74, 6) is -3.36. The smallest absolute Gasteiger partial charge is 0.326 e. The number of nitrogens with zero attached hydrogens (tertiary/aromatic N) is 1. The minimum atomic E-state index is -5.07. The molecule has 10 heteroatoms. The van der Waals surface area contributed by atoms with E-state index < -0.39 is 60.3 Å². The first kappa shape index (κ1) is 18.5. The molecule has 1 aromatic rings. The van der Waals surface area contributed by atoms with Crippen LogP contribution in [0.1, 0.15) is 28.8 Å². The topological polar surface area (TPSA) is 46.3 Å². The summed E-state index contributed by atoms with van der Waals surface area (Å²) in [5, 5.41) is 0. The minimum Gasteiger partial charge on any atom is -0.326 e. The molecule has 2 rings (SSSR count). The summed E-state index contributed by atoms with van der Waals surface area (Å²) in [6, 6.07) is -1.07. The van der Waals surface area contributed by atoms with Crippen LogP contribution in [0.15, 0.2) is 18.2 Å². The number of hydrogen-bond donors (Lipinski definition) is 1. The molecule has 2 N–H and O–H groups in total. The Morgan fingerprint density at radius 1 is 1.12 bits per heavy atom. The van der Waals surface area contributed by atoms with E-state index in [1.54, 1.807) is 0 Å². The van der Waals surface area contributed by atoms with Gasteiger partial charge < -0.3 is 10.6 Å². The quantitative estimate of drug-likeness (QED) is 0.783. The lowest BCUT2D eigenvalue weighted by Crippen LogP contribution is -2.56. The number of alkyl halides is 6. The van der Waals surface area contributed by atoms with Crippen molar-refractivity contribution < 1.29 is 35.5 Å². The van der Waals surface area contributed by atoms with Gasteiger partial charge in [0.25, 0.3) is 5.91 Å². The van der Waals surface area contributed by atoms with E-state index in [4.69, 9.17) is 5.73 Å². The predicted octanol–water partition coefficient (Wildman–Crippen LogP) is 3.34. The summed E-state index contributed by atoms with van der Waals surface area (Å²) >= 11 is 0. The van der Waals surface area contributed by atoms with Crippen molar-refractivity contribution in [3.8, 4) is 0 Å². The van der Waals surface area contributed by atoms with Crippen LogP contribution in [0.2, 0.25) is 0 Å². The maximum atomic E-state index is 14.0. The molecular weight excluding hydrogens is 345 g/mol. The molecule has 0 aliphatic carbocycles. The number of carbonyl (C=O) groups is 1. The molecule has 0 bridgehead atoms. The maximum Gasteiger partial charge on any atom is 0.419 e. The average Bonchev–Trinajstić information content (AvgIpc) is 2.44. The van der Waals surface area contributed by atoms with Crippen molar-refractivity contribution in [1.82, 2.24) is 4.90 Å². The number of likely N-dealkylation sites (tertiary alicyclic amines) is 1. The van der Waals surface area contributed by atoms with Gasteiger partial charge in [-0.1, -0.05) is 6.07 Å². The minimum absolute atomic E-state index is 0.000963. The lowest BCUT2D eigenvalue weighted by Gasteiger charge is -2.39. The van der Waals surface area contributed by atoms with Crippen LogP contribution in [0.5, 0.6) is 0 Å². The van der Waals surface area contributed by atoms with Gasteiger partial charge in [0.2, 0.25) is 0 Å². The molecule has 0 radical (unpaired) electrons.